The molecule has 4 nitrogen and oxygen atoms in total. The summed E-state index contributed by atoms with van der Waals surface area (Å²) in [5.74, 6) is 0.174. The molecule has 1 aromatic carbocycles. The average Bonchev–Trinajstić information content (AvgIpc) is 2.35. The summed E-state index contributed by atoms with van der Waals surface area (Å²) in [7, 11) is -0.995. The molecule has 0 fully saturated rings. The highest BCUT2D eigenvalue weighted by molar-refractivity contribution is 7.90. The van der Waals surface area contributed by atoms with Crippen LogP contribution in [0.5, 0.6) is 0 Å². The topological polar surface area (TPSA) is 49.4 Å². The summed E-state index contributed by atoms with van der Waals surface area (Å²) < 4.78 is 22.5. The minimum atomic E-state index is -2.93. The molecular formula is C14H24N2O2S. The van der Waals surface area contributed by atoms with E-state index in [2.05, 4.69) is 25.2 Å². The van der Waals surface area contributed by atoms with E-state index < -0.39 is 9.84 Å². The summed E-state index contributed by atoms with van der Waals surface area (Å²) in [5, 5.41) is 3.38. The van der Waals surface area contributed by atoms with Crippen LogP contribution in [0.2, 0.25) is 0 Å². The fourth-order valence-corrected chi connectivity index (χ4v) is 2.65. The summed E-state index contributed by atoms with van der Waals surface area (Å²) in [6.07, 6.45) is 1.27. The molecule has 0 aliphatic carbocycles. The Morgan fingerprint density at radius 3 is 2.53 bits per heavy atom. The zero-order chi connectivity index (χ0) is 14.5. The molecule has 0 heterocycles. The van der Waals surface area contributed by atoms with E-state index in [-0.39, 0.29) is 11.8 Å². The van der Waals surface area contributed by atoms with Crippen molar-refractivity contribution in [3.05, 3.63) is 29.8 Å². The van der Waals surface area contributed by atoms with Crippen LogP contribution in [0.25, 0.3) is 0 Å². The van der Waals surface area contributed by atoms with Crippen molar-refractivity contribution in [2.24, 2.45) is 0 Å². The molecule has 1 N–H and O–H groups in total. The Balaban J connectivity index is 2.87. The van der Waals surface area contributed by atoms with Crippen molar-refractivity contribution >= 4 is 15.5 Å². The van der Waals surface area contributed by atoms with Crippen LogP contribution in [-0.4, -0.2) is 40.6 Å². The van der Waals surface area contributed by atoms with Gasteiger partial charge in [0.1, 0.15) is 9.84 Å². The van der Waals surface area contributed by atoms with Gasteiger partial charge in [-0.3, -0.25) is 0 Å². The minimum Gasteiger partial charge on any atom is -0.373 e. The van der Waals surface area contributed by atoms with Gasteiger partial charge in [0.15, 0.2) is 0 Å². The van der Waals surface area contributed by atoms with Gasteiger partial charge in [-0.15, -0.1) is 0 Å². The lowest BCUT2D eigenvalue weighted by molar-refractivity contribution is 0.595. The normalized spacial score (nSPS) is 13.3. The van der Waals surface area contributed by atoms with Crippen LogP contribution in [0, 0.1) is 0 Å². The first-order chi connectivity index (χ1) is 8.85. The van der Waals surface area contributed by atoms with Crippen molar-refractivity contribution in [1.82, 2.24) is 5.32 Å². The molecule has 0 aliphatic heterocycles. The summed E-state index contributed by atoms with van der Waals surface area (Å²) in [6, 6.07) is 8.36. The highest BCUT2D eigenvalue weighted by Crippen LogP contribution is 2.25. The van der Waals surface area contributed by atoms with Crippen molar-refractivity contribution < 1.29 is 8.42 Å². The first-order valence-corrected chi connectivity index (χ1v) is 8.62. The molecular weight excluding hydrogens is 260 g/mol. The maximum absolute atomic E-state index is 11.2. The van der Waals surface area contributed by atoms with E-state index in [1.165, 1.54) is 11.8 Å². The van der Waals surface area contributed by atoms with Crippen molar-refractivity contribution in [3.8, 4) is 0 Å². The predicted molar refractivity (Wildman–Crippen MR) is 81.5 cm³/mol. The van der Waals surface area contributed by atoms with Crippen molar-refractivity contribution in [2.45, 2.75) is 19.9 Å². The third-order valence-corrected chi connectivity index (χ3v) is 4.05. The van der Waals surface area contributed by atoms with E-state index in [1.807, 2.05) is 30.1 Å². The summed E-state index contributed by atoms with van der Waals surface area (Å²) in [4.78, 5) is 2.00. The molecule has 0 radical (unpaired) electrons. The van der Waals surface area contributed by atoms with Crippen LogP contribution < -0.4 is 10.2 Å². The molecule has 19 heavy (non-hydrogen) atoms. The van der Waals surface area contributed by atoms with E-state index in [0.29, 0.717) is 6.54 Å². The van der Waals surface area contributed by atoms with E-state index in [0.717, 1.165) is 12.2 Å². The molecule has 108 valence electrons. The molecule has 0 spiro atoms. The molecule has 0 saturated carbocycles. The van der Waals surface area contributed by atoms with Crippen LogP contribution >= 0.6 is 0 Å². The van der Waals surface area contributed by atoms with Gasteiger partial charge in [0.25, 0.3) is 0 Å². The molecule has 1 unspecified atom stereocenters. The number of benzene rings is 1. The van der Waals surface area contributed by atoms with Gasteiger partial charge in [-0.25, -0.2) is 8.42 Å². The smallest absolute Gasteiger partial charge is 0.149 e. The Labute approximate surface area is 116 Å². The van der Waals surface area contributed by atoms with Gasteiger partial charge >= 0.3 is 0 Å². The van der Waals surface area contributed by atoms with Crippen LogP contribution in [0.15, 0.2) is 24.3 Å². The zero-order valence-electron chi connectivity index (χ0n) is 12.2. The molecule has 0 aliphatic rings. The first-order valence-electron chi connectivity index (χ1n) is 6.56. The van der Waals surface area contributed by atoms with E-state index in [1.54, 1.807) is 0 Å². The average molecular weight is 284 g/mol. The third kappa shape index (κ3) is 5.20. The largest absolute Gasteiger partial charge is 0.373 e. The fraction of sp³-hybridized carbons (Fsp3) is 0.571. The highest BCUT2D eigenvalue weighted by Gasteiger charge is 2.13. The number of sulfone groups is 1. The molecule has 1 atom stereocenters. The van der Waals surface area contributed by atoms with Gasteiger partial charge in [0, 0.05) is 31.6 Å². The van der Waals surface area contributed by atoms with Crippen LogP contribution in [0.3, 0.4) is 0 Å². The van der Waals surface area contributed by atoms with Crippen molar-refractivity contribution in [3.63, 3.8) is 0 Å². The van der Waals surface area contributed by atoms with Gasteiger partial charge in [0.05, 0.1) is 5.75 Å². The van der Waals surface area contributed by atoms with Gasteiger partial charge in [-0.1, -0.05) is 25.1 Å². The number of hydrogen-bond donors (Lipinski definition) is 1. The summed E-state index contributed by atoms with van der Waals surface area (Å²) >= 11 is 0. The molecule has 1 aromatic rings. The Morgan fingerprint density at radius 1 is 1.32 bits per heavy atom. The van der Waals surface area contributed by atoms with Crippen LogP contribution in [-0.2, 0) is 9.84 Å². The first kappa shape index (κ1) is 16.0. The second kappa shape index (κ2) is 6.91. The predicted octanol–water partition coefficient (Wildman–Crippen LogP) is 1.84. The van der Waals surface area contributed by atoms with E-state index in [9.17, 15) is 8.42 Å². The molecule has 5 heteroatoms. The number of nitrogens with zero attached hydrogens (tertiary/aromatic N) is 1. The summed E-state index contributed by atoms with van der Waals surface area (Å²) in [6.45, 7) is 5.61. The van der Waals surface area contributed by atoms with Crippen LogP contribution in [0.4, 0.5) is 5.69 Å². The van der Waals surface area contributed by atoms with Gasteiger partial charge < -0.3 is 10.2 Å². The monoisotopic (exact) mass is 284 g/mol. The molecule has 1 rings (SSSR count). The Bertz CT molecular complexity index is 500. The highest BCUT2D eigenvalue weighted by atomic mass is 32.2. The second-order valence-corrected chi connectivity index (χ2v) is 7.15. The summed E-state index contributed by atoms with van der Waals surface area (Å²) in [5.41, 5.74) is 2.28. The number of rotatable bonds is 7. The van der Waals surface area contributed by atoms with Crippen molar-refractivity contribution in [2.75, 3.05) is 37.0 Å². The molecule has 0 aromatic heterocycles. The molecule has 0 bridgehead atoms. The van der Waals surface area contributed by atoms with E-state index >= 15 is 0 Å². The molecule has 0 saturated heterocycles. The lowest BCUT2D eigenvalue weighted by atomic mass is 10.1. The Hall–Kier alpha value is -1.07. The Morgan fingerprint density at radius 2 is 1.95 bits per heavy atom. The number of hydrogen-bond acceptors (Lipinski definition) is 4. The SMILES string of the molecule is CCNC(C)c1ccccc1N(C)CCS(C)(=O)=O. The molecule has 0 amide bonds. The second-order valence-electron chi connectivity index (χ2n) is 4.89. The minimum absolute atomic E-state index is 0.174. The lowest BCUT2D eigenvalue weighted by Crippen LogP contribution is -2.27. The third-order valence-electron chi connectivity index (χ3n) is 3.12. The standard InChI is InChI=1S/C14H24N2O2S/c1-5-15-12(2)13-8-6-7-9-14(13)16(3)10-11-19(4,17)18/h6-9,12,15H,5,10-11H2,1-4H3. The quantitative estimate of drug-likeness (QED) is 0.830. The van der Waals surface area contributed by atoms with Crippen LogP contribution in [0.1, 0.15) is 25.5 Å². The van der Waals surface area contributed by atoms with Gasteiger partial charge in [-0.2, -0.15) is 0 Å². The maximum atomic E-state index is 11.2. The van der Waals surface area contributed by atoms with Gasteiger partial charge in [-0.05, 0) is 25.1 Å². The fourth-order valence-electron chi connectivity index (χ4n) is 2.04. The van der Waals surface area contributed by atoms with Gasteiger partial charge in [0.2, 0.25) is 0 Å². The number of para-hydroxylation sites is 1. The zero-order valence-corrected chi connectivity index (χ0v) is 13.0. The number of anilines is 1. The maximum Gasteiger partial charge on any atom is 0.149 e. The number of nitrogens with one attached hydrogen (secondary N) is 1. The van der Waals surface area contributed by atoms with Crippen molar-refractivity contribution in [1.29, 1.82) is 0 Å². The van der Waals surface area contributed by atoms with E-state index in [4.69, 9.17) is 0 Å². The Kier molecular flexibility index (Phi) is 5.82. The lowest BCUT2D eigenvalue weighted by Gasteiger charge is -2.25.